The molecule has 2 rings (SSSR count). The van der Waals surface area contributed by atoms with E-state index in [4.69, 9.17) is 9.47 Å². The smallest absolute Gasteiger partial charge is 0.166 e. The molecule has 0 amide bonds. The van der Waals surface area contributed by atoms with Gasteiger partial charge in [0, 0.05) is 6.42 Å². The van der Waals surface area contributed by atoms with E-state index in [0.717, 1.165) is 11.3 Å². The van der Waals surface area contributed by atoms with Crippen molar-refractivity contribution < 1.29 is 14.3 Å². The third-order valence-electron chi connectivity index (χ3n) is 3.22. The van der Waals surface area contributed by atoms with Crippen LogP contribution in [0.5, 0.6) is 11.5 Å². The van der Waals surface area contributed by atoms with Gasteiger partial charge in [-0.05, 0) is 30.2 Å². The number of hydrogen-bond donors (Lipinski definition) is 0. The molecule has 0 fully saturated rings. The van der Waals surface area contributed by atoms with E-state index >= 15 is 0 Å². The quantitative estimate of drug-likeness (QED) is 0.753. The molecular weight excluding hydrogens is 252 g/mol. The first-order chi connectivity index (χ1) is 9.76. The van der Waals surface area contributed by atoms with Crippen molar-refractivity contribution in [2.75, 3.05) is 14.2 Å². The van der Waals surface area contributed by atoms with E-state index in [1.54, 1.807) is 26.4 Å². The van der Waals surface area contributed by atoms with Gasteiger partial charge >= 0.3 is 0 Å². The molecule has 3 heteroatoms. The number of para-hydroxylation sites is 2. The summed E-state index contributed by atoms with van der Waals surface area (Å²) in [6.45, 7) is 0. The Morgan fingerprint density at radius 2 is 1.50 bits per heavy atom. The Bertz CT molecular complexity index is 590. The lowest BCUT2D eigenvalue weighted by Gasteiger charge is -2.09. The van der Waals surface area contributed by atoms with Crippen molar-refractivity contribution in [3.8, 4) is 11.5 Å². The Kier molecular flexibility index (Phi) is 4.77. The number of benzene rings is 2. The predicted molar refractivity (Wildman–Crippen MR) is 78.6 cm³/mol. The second kappa shape index (κ2) is 6.75. The van der Waals surface area contributed by atoms with E-state index in [1.807, 2.05) is 36.4 Å². The van der Waals surface area contributed by atoms with Crippen LogP contribution in [-0.4, -0.2) is 20.0 Å². The summed E-state index contributed by atoms with van der Waals surface area (Å²) in [5.74, 6) is 1.52. The van der Waals surface area contributed by atoms with Gasteiger partial charge in [0.25, 0.3) is 0 Å². The lowest BCUT2D eigenvalue weighted by Crippen LogP contribution is -2.04. The number of ether oxygens (including phenoxy) is 2. The largest absolute Gasteiger partial charge is 0.496 e. The maximum absolute atomic E-state index is 12.3. The van der Waals surface area contributed by atoms with Crippen LogP contribution in [0, 0.1) is 0 Å². The van der Waals surface area contributed by atoms with Crippen LogP contribution in [0.4, 0.5) is 0 Å². The maximum Gasteiger partial charge on any atom is 0.166 e. The van der Waals surface area contributed by atoms with Crippen LogP contribution in [0.1, 0.15) is 22.3 Å². The van der Waals surface area contributed by atoms with E-state index in [1.165, 1.54) is 0 Å². The summed E-state index contributed by atoms with van der Waals surface area (Å²) in [5, 5.41) is 0. The van der Waals surface area contributed by atoms with Crippen LogP contribution in [0.15, 0.2) is 48.5 Å². The van der Waals surface area contributed by atoms with Gasteiger partial charge in [-0.2, -0.15) is 0 Å². The number of Topliss-reactive ketones (excluding diaryl/α,β-unsaturated/α-hetero) is 1. The molecule has 0 saturated heterocycles. The highest BCUT2D eigenvalue weighted by molar-refractivity contribution is 5.98. The Morgan fingerprint density at radius 1 is 0.900 bits per heavy atom. The highest BCUT2D eigenvalue weighted by Gasteiger charge is 2.12. The van der Waals surface area contributed by atoms with Gasteiger partial charge in [-0.25, -0.2) is 0 Å². The molecule has 0 atom stereocenters. The monoisotopic (exact) mass is 270 g/mol. The fourth-order valence-electron chi connectivity index (χ4n) is 2.17. The first-order valence-electron chi connectivity index (χ1n) is 6.54. The van der Waals surface area contributed by atoms with Crippen LogP contribution in [0.2, 0.25) is 0 Å². The van der Waals surface area contributed by atoms with E-state index < -0.39 is 0 Å². The second-order valence-corrected chi connectivity index (χ2v) is 4.44. The van der Waals surface area contributed by atoms with Crippen molar-refractivity contribution in [3.63, 3.8) is 0 Å². The summed E-state index contributed by atoms with van der Waals surface area (Å²) in [6.07, 6.45) is 1.08. The number of rotatable bonds is 6. The highest BCUT2D eigenvalue weighted by atomic mass is 16.5. The van der Waals surface area contributed by atoms with Gasteiger partial charge in [0.05, 0.1) is 19.8 Å². The fraction of sp³-hybridized carbons (Fsp3) is 0.235. The molecular formula is C17H18O3. The molecule has 0 aromatic heterocycles. The maximum atomic E-state index is 12.3. The van der Waals surface area contributed by atoms with Crippen molar-refractivity contribution in [1.29, 1.82) is 0 Å². The summed E-state index contributed by atoms with van der Waals surface area (Å²) in [6, 6.07) is 15.1. The van der Waals surface area contributed by atoms with Crippen molar-refractivity contribution in [1.82, 2.24) is 0 Å². The molecule has 0 spiro atoms. The summed E-state index contributed by atoms with van der Waals surface area (Å²) in [4.78, 5) is 12.3. The SMILES string of the molecule is COc1ccccc1CCC(=O)c1ccccc1OC. The van der Waals surface area contributed by atoms with Gasteiger partial charge in [0.1, 0.15) is 11.5 Å². The summed E-state index contributed by atoms with van der Waals surface area (Å²) in [7, 11) is 3.22. The predicted octanol–water partition coefficient (Wildman–Crippen LogP) is 3.52. The molecule has 2 aromatic carbocycles. The molecule has 0 heterocycles. The van der Waals surface area contributed by atoms with Crippen LogP contribution in [-0.2, 0) is 6.42 Å². The standard InChI is InChI=1S/C17H18O3/c1-19-16-9-5-3-7-13(16)11-12-15(18)14-8-4-6-10-17(14)20-2/h3-10H,11-12H2,1-2H3. The van der Waals surface area contributed by atoms with Crippen LogP contribution in [0.3, 0.4) is 0 Å². The molecule has 0 aliphatic heterocycles. The summed E-state index contributed by atoms with van der Waals surface area (Å²) < 4.78 is 10.5. The number of carbonyl (C=O) groups excluding carboxylic acids is 1. The first-order valence-corrected chi connectivity index (χ1v) is 6.54. The van der Waals surface area contributed by atoms with E-state index in [9.17, 15) is 4.79 Å². The zero-order valence-corrected chi connectivity index (χ0v) is 11.8. The van der Waals surface area contributed by atoms with Crippen LogP contribution in [0.25, 0.3) is 0 Å². The van der Waals surface area contributed by atoms with E-state index in [0.29, 0.717) is 24.2 Å². The Labute approximate surface area is 119 Å². The average molecular weight is 270 g/mol. The molecule has 104 valence electrons. The Hall–Kier alpha value is -2.29. The normalized spacial score (nSPS) is 10.1. The first kappa shape index (κ1) is 14.1. The van der Waals surface area contributed by atoms with Crippen LogP contribution < -0.4 is 9.47 Å². The fourth-order valence-corrected chi connectivity index (χ4v) is 2.17. The lowest BCUT2D eigenvalue weighted by molar-refractivity contribution is 0.0980. The van der Waals surface area contributed by atoms with Gasteiger partial charge < -0.3 is 9.47 Å². The van der Waals surface area contributed by atoms with Gasteiger partial charge in [0.15, 0.2) is 5.78 Å². The zero-order valence-electron chi connectivity index (χ0n) is 11.8. The van der Waals surface area contributed by atoms with Gasteiger partial charge in [-0.15, -0.1) is 0 Å². The van der Waals surface area contributed by atoms with Crippen molar-refractivity contribution >= 4 is 5.78 Å². The number of hydrogen-bond acceptors (Lipinski definition) is 3. The molecule has 3 nitrogen and oxygen atoms in total. The minimum Gasteiger partial charge on any atom is -0.496 e. The minimum absolute atomic E-state index is 0.0772. The molecule has 0 aliphatic carbocycles. The van der Waals surface area contributed by atoms with Crippen molar-refractivity contribution in [2.24, 2.45) is 0 Å². The van der Waals surface area contributed by atoms with Gasteiger partial charge in [-0.1, -0.05) is 30.3 Å². The molecule has 0 saturated carbocycles. The number of aryl methyl sites for hydroxylation is 1. The van der Waals surface area contributed by atoms with Gasteiger partial charge in [0.2, 0.25) is 0 Å². The van der Waals surface area contributed by atoms with E-state index in [2.05, 4.69) is 0 Å². The molecule has 0 radical (unpaired) electrons. The highest BCUT2D eigenvalue weighted by Crippen LogP contribution is 2.22. The molecule has 0 bridgehead atoms. The average Bonchev–Trinajstić information content (AvgIpc) is 2.52. The molecule has 2 aromatic rings. The van der Waals surface area contributed by atoms with Gasteiger partial charge in [-0.3, -0.25) is 4.79 Å². The number of carbonyl (C=O) groups is 1. The zero-order chi connectivity index (χ0) is 14.4. The molecule has 0 aliphatic rings. The van der Waals surface area contributed by atoms with Crippen molar-refractivity contribution in [3.05, 3.63) is 59.7 Å². The molecule has 20 heavy (non-hydrogen) atoms. The Balaban J connectivity index is 2.09. The van der Waals surface area contributed by atoms with E-state index in [-0.39, 0.29) is 5.78 Å². The molecule has 0 unspecified atom stereocenters. The van der Waals surface area contributed by atoms with Crippen LogP contribution >= 0.6 is 0 Å². The Morgan fingerprint density at radius 3 is 2.20 bits per heavy atom. The third kappa shape index (κ3) is 3.18. The summed E-state index contributed by atoms with van der Waals surface area (Å²) >= 11 is 0. The number of methoxy groups -OCH3 is 2. The van der Waals surface area contributed by atoms with Crippen molar-refractivity contribution in [2.45, 2.75) is 12.8 Å². The second-order valence-electron chi connectivity index (χ2n) is 4.44. The third-order valence-corrected chi connectivity index (χ3v) is 3.22. The summed E-state index contributed by atoms with van der Waals surface area (Å²) in [5.41, 5.74) is 1.67. The minimum atomic E-state index is 0.0772. The number of ketones is 1. The lowest BCUT2D eigenvalue weighted by atomic mass is 10.0. The molecule has 0 N–H and O–H groups in total. The topological polar surface area (TPSA) is 35.5 Å².